The molecule has 0 bridgehead atoms. The van der Waals surface area contributed by atoms with Gasteiger partial charge in [0.05, 0.1) is 6.61 Å². The van der Waals surface area contributed by atoms with Crippen LogP contribution in [0.25, 0.3) is 0 Å². The first-order valence-electron chi connectivity index (χ1n) is 14.6. The van der Waals surface area contributed by atoms with Gasteiger partial charge in [0.15, 0.2) is 0 Å². The van der Waals surface area contributed by atoms with Crippen LogP contribution < -0.4 is 0 Å². The van der Waals surface area contributed by atoms with E-state index in [1.54, 1.807) is 0 Å². The number of carbonyl (C=O) groups is 1. The van der Waals surface area contributed by atoms with Crippen LogP contribution in [0.4, 0.5) is 0 Å². The normalized spacial score (nSPS) is 11.2. The molecule has 0 saturated carbocycles. The van der Waals surface area contributed by atoms with Crippen molar-refractivity contribution < 1.29 is 14.6 Å². The zero-order chi connectivity index (χ0) is 23.4. The van der Waals surface area contributed by atoms with Crippen LogP contribution >= 0.6 is 0 Å². The standard InChI is InChI=1S/C29H58O3/c1-2-3-4-5-6-7-8-9-11-14-17-20-23-26-29(31)32-28-25-22-19-16-13-10-12-15-18-21-24-27-30/h30H,2-28H2,1H3. The first-order chi connectivity index (χ1) is 15.8. The van der Waals surface area contributed by atoms with Gasteiger partial charge in [0.2, 0.25) is 0 Å². The molecule has 0 unspecified atom stereocenters. The van der Waals surface area contributed by atoms with Crippen molar-refractivity contribution in [3.8, 4) is 0 Å². The lowest BCUT2D eigenvalue weighted by molar-refractivity contribution is -0.143. The molecule has 0 heterocycles. The predicted molar refractivity (Wildman–Crippen MR) is 139 cm³/mol. The van der Waals surface area contributed by atoms with Gasteiger partial charge in [-0.3, -0.25) is 4.79 Å². The molecule has 1 N–H and O–H groups in total. The highest BCUT2D eigenvalue weighted by Gasteiger charge is 2.02. The number of rotatable bonds is 27. The summed E-state index contributed by atoms with van der Waals surface area (Å²) in [5, 5.41) is 8.75. The van der Waals surface area contributed by atoms with Crippen molar-refractivity contribution in [3.05, 3.63) is 0 Å². The Morgan fingerprint density at radius 2 is 0.844 bits per heavy atom. The topological polar surface area (TPSA) is 46.5 Å². The monoisotopic (exact) mass is 454 g/mol. The second-order valence-electron chi connectivity index (χ2n) is 9.83. The van der Waals surface area contributed by atoms with Crippen molar-refractivity contribution in [1.29, 1.82) is 0 Å². The highest BCUT2D eigenvalue weighted by molar-refractivity contribution is 5.69. The molecule has 0 spiro atoms. The third-order valence-electron chi connectivity index (χ3n) is 6.55. The van der Waals surface area contributed by atoms with Gasteiger partial charge in [0.1, 0.15) is 0 Å². The van der Waals surface area contributed by atoms with Gasteiger partial charge in [-0.05, 0) is 19.3 Å². The van der Waals surface area contributed by atoms with Gasteiger partial charge in [-0.1, -0.05) is 142 Å². The number of unbranched alkanes of at least 4 members (excludes halogenated alkanes) is 22. The molecular formula is C29H58O3. The fourth-order valence-electron chi connectivity index (χ4n) is 4.35. The second-order valence-corrected chi connectivity index (χ2v) is 9.83. The molecule has 0 fully saturated rings. The molecule has 0 aromatic carbocycles. The van der Waals surface area contributed by atoms with E-state index < -0.39 is 0 Å². The van der Waals surface area contributed by atoms with Gasteiger partial charge in [-0.2, -0.15) is 0 Å². The lowest BCUT2D eigenvalue weighted by Gasteiger charge is -2.06. The summed E-state index contributed by atoms with van der Waals surface area (Å²) in [6.07, 6.45) is 31.5. The summed E-state index contributed by atoms with van der Waals surface area (Å²) in [5.74, 6) is 0.00858. The molecule has 3 nitrogen and oxygen atoms in total. The third kappa shape index (κ3) is 27.5. The van der Waals surface area contributed by atoms with Crippen LogP contribution in [0.1, 0.15) is 167 Å². The summed E-state index contributed by atoms with van der Waals surface area (Å²) in [7, 11) is 0. The number of ether oxygens (including phenoxy) is 1. The third-order valence-corrected chi connectivity index (χ3v) is 6.55. The Labute approximate surface area is 201 Å². The molecule has 0 aromatic rings. The van der Waals surface area contributed by atoms with Gasteiger partial charge in [-0.15, -0.1) is 0 Å². The van der Waals surface area contributed by atoms with Crippen molar-refractivity contribution in [2.45, 2.75) is 167 Å². The number of aliphatic hydroxyl groups excluding tert-OH is 1. The number of carbonyl (C=O) groups excluding carboxylic acids is 1. The molecule has 0 saturated heterocycles. The van der Waals surface area contributed by atoms with E-state index in [-0.39, 0.29) is 5.97 Å². The van der Waals surface area contributed by atoms with E-state index >= 15 is 0 Å². The molecule has 3 heteroatoms. The molecule has 0 radical (unpaired) electrons. The van der Waals surface area contributed by atoms with E-state index in [0.29, 0.717) is 19.6 Å². The minimum absolute atomic E-state index is 0.00858. The van der Waals surface area contributed by atoms with Crippen LogP contribution in [0.5, 0.6) is 0 Å². The fourth-order valence-corrected chi connectivity index (χ4v) is 4.35. The summed E-state index contributed by atoms with van der Waals surface area (Å²) < 4.78 is 5.38. The van der Waals surface area contributed by atoms with E-state index in [9.17, 15) is 4.79 Å². The molecule has 32 heavy (non-hydrogen) atoms. The second kappa shape index (κ2) is 28.5. The molecule has 0 aliphatic carbocycles. The summed E-state index contributed by atoms with van der Waals surface area (Å²) in [5.41, 5.74) is 0. The molecular weight excluding hydrogens is 396 g/mol. The van der Waals surface area contributed by atoms with Crippen LogP contribution in [0.15, 0.2) is 0 Å². The minimum atomic E-state index is 0.00858. The Morgan fingerprint density at radius 3 is 1.25 bits per heavy atom. The first kappa shape index (κ1) is 31.4. The lowest BCUT2D eigenvalue weighted by Crippen LogP contribution is -2.05. The average molecular weight is 455 g/mol. The summed E-state index contributed by atoms with van der Waals surface area (Å²) in [6, 6.07) is 0. The van der Waals surface area contributed by atoms with Crippen LogP contribution in [0.3, 0.4) is 0 Å². The quantitative estimate of drug-likeness (QED) is 0.0993. The van der Waals surface area contributed by atoms with E-state index in [1.807, 2.05) is 0 Å². The summed E-state index contributed by atoms with van der Waals surface area (Å²) in [4.78, 5) is 11.8. The SMILES string of the molecule is CCCCCCCCCCCCCCCC(=O)OCCCCCCCCCCCCCO. The Hall–Kier alpha value is -0.570. The Kier molecular flexibility index (Phi) is 28.0. The highest BCUT2D eigenvalue weighted by atomic mass is 16.5. The minimum Gasteiger partial charge on any atom is -0.466 e. The van der Waals surface area contributed by atoms with E-state index in [0.717, 1.165) is 19.3 Å². The van der Waals surface area contributed by atoms with Crippen molar-refractivity contribution in [2.24, 2.45) is 0 Å². The van der Waals surface area contributed by atoms with Crippen LogP contribution in [-0.4, -0.2) is 24.3 Å². The average Bonchev–Trinajstić information content (AvgIpc) is 2.80. The van der Waals surface area contributed by atoms with Crippen LogP contribution in [0, 0.1) is 0 Å². The van der Waals surface area contributed by atoms with Gasteiger partial charge < -0.3 is 9.84 Å². The summed E-state index contributed by atoms with van der Waals surface area (Å²) in [6.45, 7) is 3.23. The van der Waals surface area contributed by atoms with Crippen LogP contribution in [-0.2, 0) is 9.53 Å². The van der Waals surface area contributed by atoms with E-state index in [2.05, 4.69) is 6.92 Å². The Bertz CT molecular complexity index is 324. The number of esters is 1. The molecule has 0 rings (SSSR count). The Balaban J connectivity index is 3.14. The zero-order valence-corrected chi connectivity index (χ0v) is 21.9. The van der Waals surface area contributed by atoms with Gasteiger partial charge in [0, 0.05) is 13.0 Å². The van der Waals surface area contributed by atoms with E-state index in [4.69, 9.17) is 9.84 Å². The maximum atomic E-state index is 11.8. The van der Waals surface area contributed by atoms with Gasteiger partial charge in [-0.25, -0.2) is 0 Å². The maximum Gasteiger partial charge on any atom is 0.305 e. The predicted octanol–water partition coefficient (Wildman–Crippen LogP) is 9.29. The first-order valence-corrected chi connectivity index (χ1v) is 14.6. The molecule has 0 amide bonds. The number of aliphatic hydroxyl groups is 1. The van der Waals surface area contributed by atoms with Crippen molar-refractivity contribution >= 4 is 5.97 Å². The maximum absolute atomic E-state index is 11.8. The number of hydrogen-bond donors (Lipinski definition) is 1. The highest BCUT2D eigenvalue weighted by Crippen LogP contribution is 2.14. The number of hydrogen-bond acceptors (Lipinski definition) is 3. The lowest BCUT2D eigenvalue weighted by atomic mass is 10.0. The molecule has 192 valence electrons. The van der Waals surface area contributed by atoms with Gasteiger partial charge in [0.25, 0.3) is 0 Å². The zero-order valence-electron chi connectivity index (χ0n) is 21.9. The van der Waals surface area contributed by atoms with Crippen molar-refractivity contribution in [3.63, 3.8) is 0 Å². The smallest absolute Gasteiger partial charge is 0.305 e. The largest absolute Gasteiger partial charge is 0.466 e. The van der Waals surface area contributed by atoms with Crippen LogP contribution in [0.2, 0.25) is 0 Å². The van der Waals surface area contributed by atoms with Crippen molar-refractivity contribution in [1.82, 2.24) is 0 Å². The molecule has 0 aromatic heterocycles. The molecule has 0 aliphatic rings. The van der Waals surface area contributed by atoms with Gasteiger partial charge >= 0.3 is 5.97 Å². The Morgan fingerprint density at radius 1 is 0.500 bits per heavy atom. The van der Waals surface area contributed by atoms with E-state index in [1.165, 1.54) is 135 Å². The summed E-state index contributed by atoms with van der Waals surface area (Å²) >= 11 is 0. The molecule has 0 atom stereocenters. The fraction of sp³-hybridized carbons (Fsp3) is 0.966. The van der Waals surface area contributed by atoms with Crippen molar-refractivity contribution in [2.75, 3.05) is 13.2 Å². The molecule has 0 aliphatic heterocycles.